The highest BCUT2D eigenvalue weighted by Crippen LogP contribution is 2.60. The van der Waals surface area contributed by atoms with Crippen LogP contribution in [0.15, 0.2) is 24.4 Å². The van der Waals surface area contributed by atoms with Crippen LogP contribution in [0.2, 0.25) is 5.02 Å². The summed E-state index contributed by atoms with van der Waals surface area (Å²) < 4.78 is 18.6. The van der Waals surface area contributed by atoms with Gasteiger partial charge in [0.1, 0.15) is 17.3 Å². The number of nitrogens with one attached hydrogen (secondary N) is 3. The van der Waals surface area contributed by atoms with Gasteiger partial charge in [-0.2, -0.15) is 0 Å². The average molecular weight is 395 g/mol. The number of aromatic amines is 1. The number of amides is 2. The molecule has 2 aromatic rings. The zero-order valence-electron chi connectivity index (χ0n) is 14.0. The van der Waals surface area contributed by atoms with Crippen molar-refractivity contribution in [3.63, 3.8) is 0 Å². The maximum atomic E-state index is 13.3. The zero-order valence-corrected chi connectivity index (χ0v) is 14.8. The van der Waals surface area contributed by atoms with Gasteiger partial charge < -0.3 is 25.5 Å². The van der Waals surface area contributed by atoms with Gasteiger partial charge in [-0.15, -0.1) is 0 Å². The number of imidazole rings is 1. The summed E-state index contributed by atoms with van der Waals surface area (Å²) in [6, 6.07) is 3.64. The van der Waals surface area contributed by atoms with E-state index in [1.807, 2.05) is 0 Å². The summed E-state index contributed by atoms with van der Waals surface area (Å²) in [6.45, 7) is -0.240. The van der Waals surface area contributed by atoms with E-state index in [0.717, 1.165) is 6.07 Å². The maximum Gasteiger partial charge on any atom is 0.291 e. The van der Waals surface area contributed by atoms with Gasteiger partial charge >= 0.3 is 0 Å². The number of hydrogen-bond acceptors (Lipinski definition) is 5. The first-order valence-corrected chi connectivity index (χ1v) is 8.61. The van der Waals surface area contributed by atoms with E-state index in [-0.39, 0.29) is 52.0 Å². The lowest BCUT2D eigenvalue weighted by molar-refractivity contribution is -0.141. The Hall–Kier alpha value is -2.81. The molecule has 10 heteroatoms. The molecular formula is C17H16ClFN4O4. The molecule has 0 atom stereocenters. The van der Waals surface area contributed by atoms with Crippen LogP contribution < -0.4 is 15.4 Å². The van der Waals surface area contributed by atoms with Gasteiger partial charge in [0, 0.05) is 17.1 Å². The van der Waals surface area contributed by atoms with Gasteiger partial charge in [-0.05, 0) is 31.4 Å². The molecule has 3 fully saturated rings. The molecule has 1 aromatic heterocycles. The van der Waals surface area contributed by atoms with Crippen LogP contribution in [0.1, 0.15) is 29.8 Å². The molecule has 5 rings (SSSR count). The molecule has 8 nitrogen and oxygen atoms in total. The lowest BCUT2D eigenvalue weighted by Gasteiger charge is -2.70. The van der Waals surface area contributed by atoms with E-state index in [2.05, 4.69) is 20.6 Å². The Labute approximate surface area is 158 Å². The van der Waals surface area contributed by atoms with Crippen molar-refractivity contribution in [1.82, 2.24) is 20.6 Å². The van der Waals surface area contributed by atoms with Gasteiger partial charge in [0.05, 0.1) is 11.2 Å². The van der Waals surface area contributed by atoms with Crippen molar-refractivity contribution in [3.05, 3.63) is 40.9 Å². The summed E-state index contributed by atoms with van der Waals surface area (Å²) in [6.07, 6.45) is 3.11. The average Bonchev–Trinajstić information content (AvgIpc) is 2.99. The molecule has 0 saturated heterocycles. The third kappa shape index (κ3) is 3.30. The molecule has 0 unspecified atom stereocenters. The normalized spacial score (nSPS) is 25.1. The first-order chi connectivity index (χ1) is 12.8. The summed E-state index contributed by atoms with van der Waals surface area (Å²) >= 11 is 5.59. The smallest absolute Gasteiger partial charge is 0.291 e. The third-order valence-corrected chi connectivity index (χ3v) is 5.19. The van der Waals surface area contributed by atoms with Crippen LogP contribution >= 0.6 is 11.6 Å². The Kier molecular flexibility index (Phi) is 3.99. The summed E-state index contributed by atoms with van der Waals surface area (Å²) in [5, 5.41) is 14.9. The molecule has 142 valence electrons. The molecule has 1 heterocycles. The lowest BCUT2D eigenvalue weighted by atomic mass is 9.44. The molecule has 0 spiro atoms. The minimum absolute atomic E-state index is 0.0154. The number of aromatic nitrogens is 2. The predicted molar refractivity (Wildman–Crippen MR) is 92.1 cm³/mol. The standard InChI is InChI=1S/C17H16ClFN4O4/c18-10-2-1-9(3-11(10)19)27-5-13(24)22-16-6-17(7-16,8-16)23-14(25)12-4-20-15(26)21-12/h1-4H,5-8H2,(H,22,24)(H,23,25)(H2,20,21,26). The SMILES string of the molecule is O=C(COc1ccc(Cl)c(F)c1)NC12CC(NC(=O)c3cnc(O)[nH]3)(C1)C2. The Morgan fingerprint density at radius 3 is 2.63 bits per heavy atom. The van der Waals surface area contributed by atoms with Crippen molar-refractivity contribution >= 4 is 23.4 Å². The quantitative estimate of drug-likeness (QED) is 0.592. The van der Waals surface area contributed by atoms with Gasteiger partial charge in [-0.25, -0.2) is 9.37 Å². The van der Waals surface area contributed by atoms with E-state index in [1.54, 1.807) is 0 Å². The molecule has 3 aliphatic rings. The van der Waals surface area contributed by atoms with Crippen LogP contribution in [-0.2, 0) is 4.79 Å². The van der Waals surface area contributed by atoms with Crippen LogP contribution in [0.3, 0.4) is 0 Å². The first kappa shape index (κ1) is 17.6. The van der Waals surface area contributed by atoms with Gasteiger partial charge in [0.25, 0.3) is 17.8 Å². The number of carbonyl (C=O) groups excluding carboxylic acids is 2. The fourth-order valence-corrected chi connectivity index (χ4v) is 3.95. The minimum Gasteiger partial charge on any atom is -0.484 e. The van der Waals surface area contributed by atoms with E-state index in [0.29, 0.717) is 19.3 Å². The van der Waals surface area contributed by atoms with E-state index >= 15 is 0 Å². The highest BCUT2D eigenvalue weighted by atomic mass is 35.5. The molecular weight excluding hydrogens is 379 g/mol. The molecule has 2 amide bonds. The van der Waals surface area contributed by atoms with Crippen molar-refractivity contribution in [2.24, 2.45) is 0 Å². The van der Waals surface area contributed by atoms with Gasteiger partial charge in [0.15, 0.2) is 6.61 Å². The predicted octanol–water partition coefficient (Wildman–Crippen LogP) is 1.51. The van der Waals surface area contributed by atoms with E-state index in [4.69, 9.17) is 21.4 Å². The Morgan fingerprint density at radius 2 is 2.00 bits per heavy atom. The fourth-order valence-electron chi connectivity index (χ4n) is 3.83. The topological polar surface area (TPSA) is 116 Å². The fraction of sp³-hybridized carbons (Fsp3) is 0.353. The molecule has 27 heavy (non-hydrogen) atoms. The molecule has 4 N–H and O–H groups in total. The molecule has 0 radical (unpaired) electrons. The van der Waals surface area contributed by atoms with Gasteiger partial charge in [-0.3, -0.25) is 9.59 Å². The van der Waals surface area contributed by atoms with Crippen LogP contribution in [0.4, 0.5) is 4.39 Å². The highest BCUT2D eigenvalue weighted by molar-refractivity contribution is 6.30. The molecule has 1 aromatic carbocycles. The molecule has 2 bridgehead atoms. The van der Waals surface area contributed by atoms with Crippen molar-refractivity contribution in [2.45, 2.75) is 30.3 Å². The lowest BCUT2D eigenvalue weighted by Crippen LogP contribution is -2.84. The number of nitrogens with zero attached hydrogens (tertiary/aromatic N) is 1. The summed E-state index contributed by atoms with van der Waals surface area (Å²) in [5.41, 5.74) is -0.501. The number of hydrogen-bond donors (Lipinski definition) is 4. The Morgan fingerprint density at radius 1 is 1.30 bits per heavy atom. The number of rotatable bonds is 6. The maximum absolute atomic E-state index is 13.3. The van der Waals surface area contributed by atoms with Crippen LogP contribution in [0.25, 0.3) is 0 Å². The number of aromatic hydroxyl groups is 1. The minimum atomic E-state index is -0.614. The molecule has 3 saturated carbocycles. The van der Waals surface area contributed by atoms with Crippen LogP contribution in [0.5, 0.6) is 11.8 Å². The second kappa shape index (κ2) is 6.12. The largest absolute Gasteiger partial charge is 0.484 e. The third-order valence-electron chi connectivity index (χ3n) is 4.88. The Bertz CT molecular complexity index is 912. The van der Waals surface area contributed by atoms with Crippen molar-refractivity contribution in [2.75, 3.05) is 6.61 Å². The number of carbonyl (C=O) groups is 2. The van der Waals surface area contributed by atoms with Crippen molar-refractivity contribution in [1.29, 1.82) is 0 Å². The van der Waals surface area contributed by atoms with Crippen LogP contribution in [-0.4, -0.2) is 44.6 Å². The number of ether oxygens (including phenoxy) is 1. The van der Waals surface area contributed by atoms with Crippen LogP contribution in [0, 0.1) is 5.82 Å². The van der Waals surface area contributed by atoms with Gasteiger partial charge in [0.2, 0.25) is 0 Å². The zero-order chi connectivity index (χ0) is 19.2. The summed E-state index contributed by atoms with van der Waals surface area (Å²) in [4.78, 5) is 30.2. The van der Waals surface area contributed by atoms with Crippen molar-refractivity contribution in [3.8, 4) is 11.8 Å². The number of halogens is 2. The summed E-state index contributed by atoms with van der Waals surface area (Å²) in [7, 11) is 0. The monoisotopic (exact) mass is 394 g/mol. The summed E-state index contributed by atoms with van der Waals surface area (Å²) in [5.74, 6) is -1.06. The molecule has 3 aliphatic carbocycles. The van der Waals surface area contributed by atoms with Gasteiger partial charge in [-0.1, -0.05) is 11.6 Å². The van der Waals surface area contributed by atoms with E-state index in [9.17, 15) is 14.0 Å². The second-order valence-electron chi connectivity index (χ2n) is 7.08. The number of H-pyrrole nitrogens is 1. The van der Waals surface area contributed by atoms with E-state index < -0.39 is 5.82 Å². The highest BCUT2D eigenvalue weighted by Gasteiger charge is 2.69. The number of benzene rings is 1. The van der Waals surface area contributed by atoms with E-state index in [1.165, 1.54) is 18.3 Å². The Balaban J connectivity index is 1.23. The van der Waals surface area contributed by atoms with Crippen molar-refractivity contribution < 1.29 is 23.8 Å². The second-order valence-corrected chi connectivity index (χ2v) is 7.49. The molecule has 0 aliphatic heterocycles. The first-order valence-electron chi connectivity index (χ1n) is 8.24.